The van der Waals surface area contributed by atoms with Crippen LogP contribution in [0.3, 0.4) is 0 Å². The highest BCUT2D eigenvalue weighted by Crippen LogP contribution is 2.16. The lowest BCUT2D eigenvalue weighted by atomic mass is 10.2. The summed E-state index contributed by atoms with van der Waals surface area (Å²) in [6.45, 7) is 7.58. The number of aryl methyl sites for hydroxylation is 2. The first kappa shape index (κ1) is 17.5. The Morgan fingerprint density at radius 3 is 2.83 bits per heavy atom. The number of nitrogens with one attached hydrogen (secondary N) is 1. The van der Waals surface area contributed by atoms with Crippen LogP contribution in [0.1, 0.15) is 42.3 Å². The first-order valence-corrected chi connectivity index (χ1v) is 8.91. The number of hydrogen-bond acceptors (Lipinski definition) is 6. The number of thioether (sulfide) groups is 1. The van der Waals surface area contributed by atoms with Crippen LogP contribution < -0.4 is 5.32 Å². The predicted molar refractivity (Wildman–Crippen MR) is 88.5 cm³/mol. The van der Waals surface area contributed by atoms with Crippen molar-refractivity contribution >= 4 is 17.7 Å². The van der Waals surface area contributed by atoms with E-state index in [9.17, 15) is 4.79 Å². The van der Waals surface area contributed by atoms with Crippen LogP contribution in [0.15, 0.2) is 15.7 Å². The van der Waals surface area contributed by atoms with Crippen LogP contribution >= 0.6 is 11.8 Å². The summed E-state index contributed by atoms with van der Waals surface area (Å²) in [5.41, 5.74) is 0.315. The second-order valence-electron chi connectivity index (χ2n) is 5.79. The number of carbonyl (C=O) groups is 1. The van der Waals surface area contributed by atoms with E-state index in [0.29, 0.717) is 23.9 Å². The van der Waals surface area contributed by atoms with Gasteiger partial charge in [0.2, 0.25) is 0 Å². The van der Waals surface area contributed by atoms with Crippen LogP contribution in [0.4, 0.5) is 0 Å². The summed E-state index contributed by atoms with van der Waals surface area (Å²) in [5.74, 6) is 1.91. The molecule has 0 aliphatic rings. The van der Waals surface area contributed by atoms with Crippen molar-refractivity contribution < 1.29 is 9.32 Å². The minimum Gasteiger partial charge on any atom is -0.361 e. The number of nitrogens with zero attached hydrogens (tertiary/aromatic N) is 4. The first-order chi connectivity index (χ1) is 11.0. The summed E-state index contributed by atoms with van der Waals surface area (Å²) in [6, 6.07) is 1.62. The molecule has 0 unspecified atom stereocenters. The summed E-state index contributed by atoms with van der Waals surface area (Å²) in [5, 5.41) is 16.0. The molecule has 0 bridgehead atoms. The highest BCUT2D eigenvalue weighted by molar-refractivity contribution is 7.98. The third-order valence-electron chi connectivity index (χ3n) is 3.25. The average molecular weight is 337 g/mol. The van der Waals surface area contributed by atoms with E-state index in [1.54, 1.807) is 24.8 Å². The summed E-state index contributed by atoms with van der Waals surface area (Å²) in [6.07, 6.45) is 3.58. The second-order valence-corrected chi connectivity index (χ2v) is 6.56. The SMILES string of the molecule is CSc1nnc(CCCNC(=O)c2cc(C)on2)n1CC(C)C. The maximum Gasteiger partial charge on any atom is 0.273 e. The van der Waals surface area contributed by atoms with Gasteiger partial charge in [0.1, 0.15) is 11.6 Å². The van der Waals surface area contributed by atoms with Crippen molar-refractivity contribution in [3.8, 4) is 0 Å². The van der Waals surface area contributed by atoms with E-state index in [4.69, 9.17) is 4.52 Å². The molecule has 7 nitrogen and oxygen atoms in total. The fourth-order valence-electron chi connectivity index (χ4n) is 2.22. The lowest BCUT2D eigenvalue weighted by Gasteiger charge is -2.11. The normalized spacial score (nSPS) is 11.2. The molecule has 0 saturated heterocycles. The van der Waals surface area contributed by atoms with Gasteiger partial charge in [-0.05, 0) is 25.5 Å². The zero-order valence-corrected chi connectivity index (χ0v) is 14.8. The molecule has 0 aliphatic carbocycles. The number of rotatable bonds is 8. The van der Waals surface area contributed by atoms with Crippen molar-refractivity contribution in [3.05, 3.63) is 23.3 Å². The topological polar surface area (TPSA) is 85.8 Å². The van der Waals surface area contributed by atoms with E-state index in [-0.39, 0.29) is 5.91 Å². The smallest absolute Gasteiger partial charge is 0.273 e. The monoisotopic (exact) mass is 337 g/mol. The zero-order chi connectivity index (χ0) is 16.8. The van der Waals surface area contributed by atoms with E-state index < -0.39 is 0 Å². The molecular formula is C15H23N5O2S. The third-order valence-corrected chi connectivity index (χ3v) is 3.91. The first-order valence-electron chi connectivity index (χ1n) is 7.68. The zero-order valence-electron chi connectivity index (χ0n) is 14.0. The minimum atomic E-state index is -0.213. The van der Waals surface area contributed by atoms with Crippen molar-refractivity contribution in [1.82, 2.24) is 25.2 Å². The molecule has 1 amide bonds. The van der Waals surface area contributed by atoms with Crippen LogP contribution in [0.25, 0.3) is 0 Å². The van der Waals surface area contributed by atoms with E-state index in [2.05, 4.69) is 39.1 Å². The van der Waals surface area contributed by atoms with E-state index in [1.165, 1.54) is 0 Å². The molecule has 8 heteroatoms. The lowest BCUT2D eigenvalue weighted by Crippen LogP contribution is -2.25. The summed E-state index contributed by atoms with van der Waals surface area (Å²) >= 11 is 1.60. The molecule has 0 spiro atoms. The van der Waals surface area contributed by atoms with Gasteiger partial charge in [-0.1, -0.05) is 30.8 Å². The molecule has 2 rings (SSSR count). The number of aromatic nitrogens is 4. The molecule has 1 N–H and O–H groups in total. The van der Waals surface area contributed by atoms with E-state index in [0.717, 1.165) is 30.4 Å². The Balaban J connectivity index is 1.84. The Bertz CT molecular complexity index is 650. The Morgan fingerprint density at radius 2 is 2.22 bits per heavy atom. The van der Waals surface area contributed by atoms with Gasteiger partial charge in [-0.3, -0.25) is 4.79 Å². The molecule has 2 aromatic rings. The second kappa shape index (κ2) is 8.14. The van der Waals surface area contributed by atoms with Gasteiger partial charge in [0.25, 0.3) is 5.91 Å². The Morgan fingerprint density at radius 1 is 1.43 bits per heavy atom. The highest BCUT2D eigenvalue weighted by atomic mass is 32.2. The summed E-state index contributed by atoms with van der Waals surface area (Å²) < 4.78 is 7.06. The van der Waals surface area contributed by atoms with Crippen molar-refractivity contribution in [2.24, 2.45) is 5.92 Å². The van der Waals surface area contributed by atoms with Crippen molar-refractivity contribution in [3.63, 3.8) is 0 Å². The van der Waals surface area contributed by atoms with Crippen molar-refractivity contribution in [2.45, 2.75) is 45.3 Å². The minimum absolute atomic E-state index is 0.213. The third kappa shape index (κ3) is 4.82. The Kier molecular flexibility index (Phi) is 6.20. The molecule has 0 fully saturated rings. The standard InChI is InChI=1S/C15H23N5O2S/c1-10(2)9-20-13(17-18-15(20)23-4)6-5-7-16-14(21)12-8-11(3)22-19-12/h8,10H,5-7,9H2,1-4H3,(H,16,21). The molecule has 126 valence electrons. The lowest BCUT2D eigenvalue weighted by molar-refractivity contribution is 0.0944. The molecule has 2 aromatic heterocycles. The van der Waals surface area contributed by atoms with Gasteiger partial charge in [0.15, 0.2) is 10.9 Å². The van der Waals surface area contributed by atoms with Crippen LogP contribution in [0, 0.1) is 12.8 Å². The largest absolute Gasteiger partial charge is 0.361 e. The van der Waals surface area contributed by atoms with E-state index >= 15 is 0 Å². The van der Waals surface area contributed by atoms with Gasteiger partial charge in [0.05, 0.1) is 0 Å². The van der Waals surface area contributed by atoms with Gasteiger partial charge < -0.3 is 14.4 Å². The van der Waals surface area contributed by atoms with Crippen LogP contribution in [0.2, 0.25) is 0 Å². The van der Waals surface area contributed by atoms with Crippen LogP contribution in [-0.4, -0.2) is 38.6 Å². The van der Waals surface area contributed by atoms with Gasteiger partial charge in [-0.15, -0.1) is 10.2 Å². The molecule has 2 heterocycles. The molecule has 23 heavy (non-hydrogen) atoms. The number of carbonyl (C=O) groups excluding carboxylic acids is 1. The molecule has 0 radical (unpaired) electrons. The Labute approximate surface area is 140 Å². The summed E-state index contributed by atoms with van der Waals surface area (Å²) in [7, 11) is 0. The van der Waals surface area contributed by atoms with Gasteiger partial charge in [0, 0.05) is 25.6 Å². The fraction of sp³-hybridized carbons (Fsp3) is 0.600. The van der Waals surface area contributed by atoms with Gasteiger partial charge >= 0.3 is 0 Å². The highest BCUT2D eigenvalue weighted by Gasteiger charge is 2.13. The quantitative estimate of drug-likeness (QED) is 0.588. The number of amides is 1. The molecule has 0 atom stereocenters. The van der Waals surface area contributed by atoms with Gasteiger partial charge in [-0.25, -0.2) is 0 Å². The molecule has 0 aromatic carbocycles. The molecular weight excluding hydrogens is 314 g/mol. The Hall–Kier alpha value is -1.83. The maximum atomic E-state index is 11.9. The van der Waals surface area contributed by atoms with Crippen molar-refractivity contribution in [1.29, 1.82) is 0 Å². The van der Waals surface area contributed by atoms with E-state index in [1.807, 2.05) is 6.26 Å². The van der Waals surface area contributed by atoms with Crippen molar-refractivity contribution in [2.75, 3.05) is 12.8 Å². The molecule has 0 saturated carbocycles. The summed E-state index contributed by atoms with van der Waals surface area (Å²) in [4.78, 5) is 11.9. The average Bonchev–Trinajstić information content (AvgIpc) is 3.09. The molecule has 0 aliphatic heterocycles. The number of hydrogen-bond donors (Lipinski definition) is 1. The van der Waals surface area contributed by atoms with Crippen LogP contribution in [-0.2, 0) is 13.0 Å². The van der Waals surface area contributed by atoms with Crippen LogP contribution in [0.5, 0.6) is 0 Å². The van der Waals surface area contributed by atoms with Gasteiger partial charge in [-0.2, -0.15) is 0 Å². The fourth-order valence-corrected chi connectivity index (χ4v) is 2.74. The predicted octanol–water partition coefficient (Wildman–Crippen LogP) is 2.32. The maximum absolute atomic E-state index is 11.9.